The van der Waals surface area contributed by atoms with Gasteiger partial charge in [-0.2, -0.15) is 0 Å². The summed E-state index contributed by atoms with van der Waals surface area (Å²) in [5.41, 5.74) is 1.96. The van der Waals surface area contributed by atoms with Crippen LogP contribution in [0.5, 0.6) is 11.6 Å². The van der Waals surface area contributed by atoms with Crippen molar-refractivity contribution >= 4 is 29.2 Å². The molecule has 0 unspecified atom stereocenters. The Balaban J connectivity index is 1.37. The largest absolute Gasteiger partial charge is 0.497 e. The molecule has 2 bridgehead atoms. The van der Waals surface area contributed by atoms with Crippen LogP contribution in [-0.2, 0) is 25.5 Å². The van der Waals surface area contributed by atoms with Gasteiger partial charge in [-0.05, 0) is 81.3 Å². The van der Waals surface area contributed by atoms with Gasteiger partial charge in [0.05, 0.1) is 43.1 Å². The Morgan fingerprint density at radius 1 is 0.978 bits per heavy atom. The van der Waals surface area contributed by atoms with Crippen molar-refractivity contribution in [3.05, 3.63) is 23.9 Å². The molecule has 0 N–H and O–H groups in total. The number of carbonyl (C=O) groups excluding carboxylic acids is 3. The number of hydrogen-bond donors (Lipinski definition) is 0. The van der Waals surface area contributed by atoms with Gasteiger partial charge in [0.15, 0.2) is 0 Å². The average molecular weight is 620 g/mol. The summed E-state index contributed by atoms with van der Waals surface area (Å²) in [5.74, 6) is 0.392. The summed E-state index contributed by atoms with van der Waals surface area (Å²) in [6, 6.07) is 5.04. The van der Waals surface area contributed by atoms with Crippen molar-refractivity contribution in [2.45, 2.75) is 122 Å². The first kappa shape index (κ1) is 31.7. The number of methoxy groups -OCH3 is 1. The zero-order valence-corrected chi connectivity index (χ0v) is 27.2. The van der Waals surface area contributed by atoms with Gasteiger partial charge >= 0.3 is 5.97 Å². The summed E-state index contributed by atoms with van der Waals surface area (Å²) < 4.78 is 18.3. The molecule has 0 radical (unpaired) electrons. The maximum absolute atomic E-state index is 14.5. The summed E-state index contributed by atoms with van der Waals surface area (Å²) >= 11 is 0. The Bertz CT molecular complexity index is 1390. The number of esters is 1. The number of aldehydes is 1. The fourth-order valence-electron chi connectivity index (χ4n) is 8.64. The summed E-state index contributed by atoms with van der Waals surface area (Å²) in [5, 5.41) is 0. The summed E-state index contributed by atoms with van der Waals surface area (Å²) in [6.45, 7) is 4.44. The number of aromatic nitrogens is 2. The van der Waals surface area contributed by atoms with E-state index < -0.39 is 18.1 Å². The first-order valence-electron chi connectivity index (χ1n) is 17.3. The average Bonchev–Trinajstić information content (AvgIpc) is 3.77. The smallest absolute Gasteiger partial charge is 0.306 e. The molecule has 3 fully saturated rings. The normalized spacial score (nSPS) is 31.0. The highest BCUT2D eigenvalue weighted by molar-refractivity contribution is 5.87. The van der Waals surface area contributed by atoms with E-state index in [9.17, 15) is 14.4 Å². The van der Waals surface area contributed by atoms with E-state index in [4.69, 9.17) is 24.2 Å². The second-order valence-electron chi connectivity index (χ2n) is 14.1. The third kappa shape index (κ3) is 6.54. The molecule has 4 aliphatic rings. The Morgan fingerprint density at radius 2 is 1.78 bits per heavy atom. The van der Waals surface area contributed by atoms with Gasteiger partial charge in [-0.1, -0.05) is 39.5 Å². The first-order valence-corrected chi connectivity index (χ1v) is 17.3. The number of amides is 1. The van der Waals surface area contributed by atoms with Crippen LogP contribution < -0.4 is 9.47 Å². The Morgan fingerprint density at radius 3 is 2.53 bits per heavy atom. The van der Waals surface area contributed by atoms with E-state index in [0.29, 0.717) is 29.5 Å². The van der Waals surface area contributed by atoms with Crippen molar-refractivity contribution in [2.75, 3.05) is 13.7 Å². The number of benzene rings is 1. The zero-order valence-electron chi connectivity index (χ0n) is 27.2. The van der Waals surface area contributed by atoms with E-state index in [-0.39, 0.29) is 42.3 Å². The monoisotopic (exact) mass is 619 g/mol. The van der Waals surface area contributed by atoms with Crippen molar-refractivity contribution in [1.82, 2.24) is 14.9 Å². The maximum atomic E-state index is 14.5. The molecule has 0 spiro atoms. The van der Waals surface area contributed by atoms with Gasteiger partial charge < -0.3 is 23.9 Å². The summed E-state index contributed by atoms with van der Waals surface area (Å²) in [7, 11) is 1.63. The van der Waals surface area contributed by atoms with Crippen molar-refractivity contribution in [2.24, 2.45) is 23.2 Å². The van der Waals surface area contributed by atoms with Crippen molar-refractivity contribution in [1.29, 1.82) is 0 Å². The SMILES string of the molecule is CC[C@@H]1[C@@H]2CN(C(=O)[C@H](C3(C)CCCC3)CC(=O)O[C@@H]3CCC[C@H]3CCCCCc3nc4ccc(OC)cc4nc3O2)[C@@H]1C=O. The molecule has 3 heterocycles. The van der Waals surface area contributed by atoms with Gasteiger partial charge in [-0.25, -0.2) is 9.97 Å². The molecule has 2 saturated carbocycles. The van der Waals surface area contributed by atoms with Crippen molar-refractivity contribution in [3.63, 3.8) is 0 Å². The third-order valence-electron chi connectivity index (χ3n) is 11.3. The second-order valence-corrected chi connectivity index (χ2v) is 14.1. The molecule has 1 aromatic carbocycles. The van der Waals surface area contributed by atoms with E-state index >= 15 is 0 Å². The highest BCUT2D eigenvalue weighted by Gasteiger charge is 2.51. The van der Waals surface area contributed by atoms with Gasteiger partial charge in [0.2, 0.25) is 11.8 Å². The lowest BCUT2D eigenvalue weighted by Crippen LogP contribution is -2.47. The van der Waals surface area contributed by atoms with E-state index in [1.807, 2.05) is 25.1 Å². The van der Waals surface area contributed by atoms with Gasteiger partial charge in [-0.15, -0.1) is 0 Å². The van der Waals surface area contributed by atoms with E-state index in [0.717, 1.165) is 94.5 Å². The molecule has 45 heavy (non-hydrogen) atoms. The van der Waals surface area contributed by atoms with Crippen LogP contribution in [0.15, 0.2) is 18.2 Å². The predicted molar refractivity (Wildman–Crippen MR) is 170 cm³/mol. The maximum Gasteiger partial charge on any atom is 0.306 e. The van der Waals surface area contributed by atoms with Crippen LogP contribution in [-0.4, -0.2) is 64.9 Å². The first-order chi connectivity index (χ1) is 21.8. The Labute approximate surface area is 266 Å². The molecule has 9 nitrogen and oxygen atoms in total. The van der Waals surface area contributed by atoms with Crippen LogP contribution in [0, 0.1) is 23.2 Å². The lowest BCUT2D eigenvalue weighted by molar-refractivity contribution is -0.158. The van der Waals surface area contributed by atoms with Crippen LogP contribution in [0.1, 0.15) is 103 Å². The van der Waals surface area contributed by atoms with Crippen LogP contribution in [0.2, 0.25) is 0 Å². The molecule has 6 rings (SSSR count). The fraction of sp³-hybridized carbons (Fsp3) is 0.694. The molecule has 2 aliphatic heterocycles. The number of hydrogen-bond acceptors (Lipinski definition) is 8. The highest BCUT2D eigenvalue weighted by Crippen LogP contribution is 2.47. The lowest BCUT2D eigenvalue weighted by atomic mass is 9.73. The lowest BCUT2D eigenvalue weighted by Gasteiger charge is -2.36. The number of nitrogens with zero attached hydrogens (tertiary/aromatic N) is 3. The molecule has 9 heteroatoms. The van der Waals surface area contributed by atoms with Crippen LogP contribution in [0.3, 0.4) is 0 Å². The number of carbonyl (C=O) groups is 3. The zero-order chi connectivity index (χ0) is 31.6. The molecule has 2 aliphatic carbocycles. The van der Waals surface area contributed by atoms with E-state index in [1.54, 1.807) is 12.0 Å². The van der Waals surface area contributed by atoms with Crippen molar-refractivity contribution < 1.29 is 28.6 Å². The van der Waals surface area contributed by atoms with Crippen LogP contribution in [0.4, 0.5) is 0 Å². The summed E-state index contributed by atoms with van der Waals surface area (Å²) in [6.07, 6.45) is 12.8. The molecule has 1 saturated heterocycles. The molecular formula is C36H49N3O6. The minimum atomic E-state index is -0.630. The quantitative estimate of drug-likeness (QED) is 0.293. The third-order valence-corrected chi connectivity index (χ3v) is 11.3. The molecule has 1 aromatic heterocycles. The van der Waals surface area contributed by atoms with Crippen LogP contribution >= 0.6 is 0 Å². The Hall–Kier alpha value is -3.23. The number of ether oxygens (including phenoxy) is 3. The second kappa shape index (κ2) is 13.6. The number of rotatable bonds is 4. The number of aryl methyl sites for hydroxylation is 1. The number of fused-ring (bicyclic) bond motifs is 5. The van der Waals surface area contributed by atoms with Crippen LogP contribution in [0.25, 0.3) is 11.0 Å². The van der Waals surface area contributed by atoms with Gasteiger partial charge in [0.1, 0.15) is 29.9 Å². The molecular weight excluding hydrogens is 570 g/mol. The molecule has 6 atom stereocenters. The summed E-state index contributed by atoms with van der Waals surface area (Å²) in [4.78, 5) is 52.4. The van der Waals surface area contributed by atoms with Crippen molar-refractivity contribution in [3.8, 4) is 11.6 Å². The standard InChI is InChI=1S/C36H49N3O6/c1-4-25-30(22-40)39-21-32(25)45-34-28(37-27-16-15-24(43-3)19-29(27)38-34)13-7-5-6-11-23-12-10-14-31(23)44-33(41)20-26(35(39)42)36(2)17-8-9-18-36/h15-16,19,22-23,25-26,30-32H,4-14,17-18,20-21H2,1-3H3/t23-,25+,26-,30-,31-,32+/m1/s1. The minimum absolute atomic E-state index is 0.0606. The fourth-order valence-corrected chi connectivity index (χ4v) is 8.64. The minimum Gasteiger partial charge on any atom is -0.497 e. The Kier molecular flexibility index (Phi) is 9.62. The molecule has 1 amide bonds. The van der Waals surface area contributed by atoms with Gasteiger partial charge in [0, 0.05) is 12.0 Å². The predicted octanol–water partition coefficient (Wildman–Crippen LogP) is 6.24. The molecule has 244 valence electrons. The van der Waals surface area contributed by atoms with E-state index in [1.165, 1.54) is 0 Å². The molecule has 2 aromatic rings. The highest BCUT2D eigenvalue weighted by atomic mass is 16.5. The van der Waals surface area contributed by atoms with Gasteiger partial charge in [0.25, 0.3) is 0 Å². The van der Waals surface area contributed by atoms with E-state index in [2.05, 4.69) is 6.92 Å². The van der Waals surface area contributed by atoms with Gasteiger partial charge in [-0.3, -0.25) is 9.59 Å². The topological polar surface area (TPSA) is 108 Å².